The number of fused-ring (bicyclic) bond motifs is 9. The van der Waals surface area contributed by atoms with E-state index in [1.807, 2.05) is 0 Å². The largest absolute Gasteiger partial charge is 0.310 e. The van der Waals surface area contributed by atoms with Crippen molar-refractivity contribution in [1.82, 2.24) is 0 Å². The van der Waals surface area contributed by atoms with Crippen LogP contribution >= 0.6 is 0 Å². The highest BCUT2D eigenvalue weighted by Crippen LogP contribution is 2.58. The highest BCUT2D eigenvalue weighted by molar-refractivity contribution is 5.92. The number of hydrogen-bond donors (Lipinski definition) is 0. The first-order chi connectivity index (χ1) is 43.2. The second-order valence-corrected chi connectivity index (χ2v) is 26.1. The Morgan fingerprint density at radius 2 is 0.472 bits per heavy atom. The number of rotatable bonds is 12. The second-order valence-electron chi connectivity index (χ2n) is 26.1. The van der Waals surface area contributed by atoms with Crippen molar-refractivity contribution < 1.29 is 0 Å². The van der Waals surface area contributed by atoms with Crippen LogP contribution in [0.2, 0.25) is 0 Å². The first kappa shape index (κ1) is 55.3. The molecule has 0 aromatic heterocycles. The average molecular weight is 1150 g/mol. The van der Waals surface area contributed by atoms with E-state index < -0.39 is 5.41 Å². The maximum absolute atomic E-state index is 2.46. The first-order valence-corrected chi connectivity index (χ1v) is 31.4. The maximum atomic E-state index is 2.46. The fourth-order valence-electron chi connectivity index (χ4n) is 14.8. The normalized spacial score (nSPS) is 14.2. The molecule has 0 saturated heterocycles. The van der Waals surface area contributed by atoms with Crippen LogP contribution in [0.5, 0.6) is 0 Å². The highest BCUT2D eigenvalue weighted by atomic mass is 15.1. The van der Waals surface area contributed by atoms with Crippen molar-refractivity contribution in [2.24, 2.45) is 0 Å². The van der Waals surface area contributed by atoms with Crippen LogP contribution in [-0.4, -0.2) is 0 Å². The Morgan fingerprint density at radius 3 is 0.764 bits per heavy atom. The van der Waals surface area contributed by atoms with Crippen molar-refractivity contribution in [3.05, 3.63) is 356 Å². The van der Waals surface area contributed by atoms with Crippen LogP contribution in [0.25, 0.3) is 57.7 Å². The van der Waals surface area contributed by atoms with Crippen LogP contribution in [0.1, 0.15) is 117 Å². The Kier molecular flexibility index (Phi) is 13.4. The quantitative estimate of drug-likeness (QED) is 0.113. The molecular formula is C87H72N2. The van der Waals surface area contributed by atoms with Gasteiger partial charge in [0.2, 0.25) is 0 Å². The number of anilines is 6. The third-order valence-corrected chi connectivity index (χ3v) is 19.6. The fraction of sp³-hybridized carbons (Fsp3) is 0.126. The van der Waals surface area contributed by atoms with E-state index in [9.17, 15) is 0 Å². The molecule has 2 nitrogen and oxygen atoms in total. The topological polar surface area (TPSA) is 6.48 Å². The lowest BCUT2D eigenvalue weighted by molar-refractivity contribution is 0.660. The van der Waals surface area contributed by atoms with Crippen molar-refractivity contribution in [3.8, 4) is 33.4 Å². The minimum atomic E-state index is -0.561. The lowest BCUT2D eigenvalue weighted by Crippen LogP contribution is -2.28. The molecule has 2 heteroatoms. The summed E-state index contributed by atoms with van der Waals surface area (Å²) in [5.41, 5.74) is 33.9. The minimum Gasteiger partial charge on any atom is -0.310 e. The zero-order valence-electron chi connectivity index (χ0n) is 52.1. The van der Waals surface area contributed by atoms with Gasteiger partial charge in [-0.05, 0) is 213 Å². The Balaban J connectivity index is 0.746. The zero-order valence-corrected chi connectivity index (χ0v) is 52.1. The highest BCUT2D eigenvalue weighted by Gasteiger charge is 2.46. The van der Waals surface area contributed by atoms with E-state index in [1.54, 1.807) is 0 Å². The molecule has 0 bridgehead atoms. The molecule has 0 heterocycles. The van der Waals surface area contributed by atoms with Gasteiger partial charge in [0.25, 0.3) is 0 Å². The van der Waals surface area contributed by atoms with Crippen LogP contribution in [0, 0.1) is 27.7 Å². The van der Waals surface area contributed by atoms with Crippen LogP contribution in [-0.2, 0) is 16.2 Å². The maximum Gasteiger partial charge on any atom is 0.0713 e. The standard InChI is InChI=1S/C87H72N2/c1-57-19-35-67(36-20-57)88(68-37-21-58(2)22-38-68)71-43-49-75-73-45-31-61(51-79(73)85(5,6)81(75)55-71)27-29-63-33-47-77-78-48-34-64(54-84(78)87(83(77)53-63,65-15-11-9-12-16-65)66-17-13-10-14-18-66)30-28-62-32-46-74-76-50-44-72(56-82(76)86(7,8)80(74)52-62)89(69-39-23-59(3)24-40-69)70-41-25-60(4)26-42-70/h9-56H,1-8H3. The number of nitrogens with zero attached hydrogens (tertiary/aromatic N) is 2. The molecule has 12 aromatic carbocycles. The Hall–Kier alpha value is -10.3. The fourth-order valence-corrected chi connectivity index (χ4v) is 14.8. The molecule has 0 fully saturated rings. The molecule has 0 N–H and O–H groups in total. The van der Waals surface area contributed by atoms with Crippen molar-refractivity contribution in [2.45, 2.75) is 71.6 Å². The van der Waals surface area contributed by atoms with Crippen LogP contribution in [0.4, 0.5) is 34.1 Å². The van der Waals surface area contributed by atoms with Gasteiger partial charge in [-0.25, -0.2) is 0 Å². The van der Waals surface area contributed by atoms with E-state index in [2.05, 4.69) is 356 Å². The summed E-state index contributed by atoms with van der Waals surface area (Å²) in [4.78, 5) is 4.78. The van der Waals surface area contributed by atoms with E-state index in [0.717, 1.165) is 34.1 Å². The smallest absolute Gasteiger partial charge is 0.0713 e. The number of aryl methyl sites for hydroxylation is 4. The predicted molar refractivity (Wildman–Crippen MR) is 378 cm³/mol. The van der Waals surface area contributed by atoms with Gasteiger partial charge in [0.1, 0.15) is 0 Å². The summed E-state index contributed by atoms with van der Waals surface area (Å²) in [7, 11) is 0. The van der Waals surface area contributed by atoms with Crippen molar-refractivity contribution in [2.75, 3.05) is 9.80 Å². The Morgan fingerprint density at radius 1 is 0.236 bits per heavy atom. The third kappa shape index (κ3) is 9.40. The van der Waals surface area contributed by atoms with Crippen molar-refractivity contribution >= 4 is 58.4 Å². The molecule has 0 amide bonds. The van der Waals surface area contributed by atoms with E-state index in [4.69, 9.17) is 0 Å². The van der Waals surface area contributed by atoms with E-state index in [0.29, 0.717) is 0 Å². The molecule has 0 aliphatic heterocycles. The number of benzene rings is 12. The van der Waals surface area contributed by atoms with Crippen molar-refractivity contribution in [1.29, 1.82) is 0 Å². The van der Waals surface area contributed by atoms with Gasteiger partial charge in [-0.1, -0.05) is 256 Å². The molecule has 89 heavy (non-hydrogen) atoms. The summed E-state index contributed by atoms with van der Waals surface area (Å²) in [5, 5.41) is 0. The second kappa shape index (κ2) is 21.5. The molecule has 0 radical (unpaired) electrons. The molecule has 15 rings (SSSR count). The third-order valence-electron chi connectivity index (χ3n) is 19.6. The molecule has 3 aliphatic carbocycles. The first-order valence-electron chi connectivity index (χ1n) is 31.4. The molecule has 0 saturated carbocycles. The van der Waals surface area contributed by atoms with Gasteiger partial charge in [-0.15, -0.1) is 0 Å². The van der Waals surface area contributed by atoms with Gasteiger partial charge < -0.3 is 9.80 Å². The number of hydrogen-bond acceptors (Lipinski definition) is 2. The lowest BCUT2D eigenvalue weighted by Gasteiger charge is -2.34. The molecule has 0 unspecified atom stereocenters. The molecule has 3 aliphatic rings. The molecule has 430 valence electrons. The zero-order chi connectivity index (χ0) is 60.8. The van der Waals surface area contributed by atoms with E-state index in [1.165, 1.54) is 122 Å². The monoisotopic (exact) mass is 1140 g/mol. The summed E-state index contributed by atoms with van der Waals surface area (Å²) >= 11 is 0. The Labute approximate surface area is 526 Å². The SMILES string of the molecule is Cc1ccc(N(c2ccc(C)cc2)c2ccc3c(c2)C(C)(C)c2cc(C=Cc4ccc5c(c4)C(c4ccccc4)(c4ccccc4)c4cc(C=Cc6ccc7c(c6)C(C)(C)c6cc(N(c8ccc(C)cc8)c8ccc(C)cc8)ccc6-7)ccc4-5)ccc2-3)cc1. The summed E-state index contributed by atoms with van der Waals surface area (Å²) < 4.78 is 0. The summed E-state index contributed by atoms with van der Waals surface area (Å²) in [6.45, 7) is 18.2. The van der Waals surface area contributed by atoms with Crippen LogP contribution < -0.4 is 9.80 Å². The lowest BCUT2D eigenvalue weighted by atomic mass is 9.67. The molecule has 12 aromatic rings. The van der Waals surface area contributed by atoms with Gasteiger partial charge in [-0.2, -0.15) is 0 Å². The van der Waals surface area contributed by atoms with Gasteiger partial charge in [0.05, 0.1) is 5.41 Å². The van der Waals surface area contributed by atoms with Crippen LogP contribution in [0.3, 0.4) is 0 Å². The van der Waals surface area contributed by atoms with Gasteiger partial charge >= 0.3 is 0 Å². The van der Waals surface area contributed by atoms with Crippen molar-refractivity contribution in [3.63, 3.8) is 0 Å². The Bertz CT molecular complexity index is 4370. The van der Waals surface area contributed by atoms with Gasteiger partial charge in [0.15, 0.2) is 0 Å². The molecular weight excluding hydrogens is 1070 g/mol. The summed E-state index contributed by atoms with van der Waals surface area (Å²) in [6.07, 6.45) is 9.25. The molecule has 0 atom stereocenters. The molecule has 0 spiro atoms. The summed E-state index contributed by atoms with van der Waals surface area (Å²) in [5.74, 6) is 0. The van der Waals surface area contributed by atoms with E-state index in [-0.39, 0.29) is 10.8 Å². The van der Waals surface area contributed by atoms with Gasteiger partial charge in [-0.3, -0.25) is 0 Å². The average Bonchev–Trinajstić information content (AvgIpc) is 1.57. The minimum absolute atomic E-state index is 0.209. The summed E-state index contributed by atoms with van der Waals surface area (Å²) in [6, 6.07) is 100. The van der Waals surface area contributed by atoms with Crippen LogP contribution in [0.15, 0.2) is 267 Å². The van der Waals surface area contributed by atoms with E-state index >= 15 is 0 Å². The predicted octanol–water partition coefficient (Wildman–Crippen LogP) is 23.2. The van der Waals surface area contributed by atoms with Gasteiger partial charge in [0, 0.05) is 45.0 Å².